The maximum atomic E-state index is 13.1. The van der Waals surface area contributed by atoms with Gasteiger partial charge in [0.25, 0.3) is 5.91 Å². The number of hydrogen-bond acceptors (Lipinski definition) is 5. The lowest BCUT2D eigenvalue weighted by atomic mass is 10.1. The van der Waals surface area contributed by atoms with E-state index >= 15 is 0 Å². The molecule has 0 N–H and O–H groups in total. The van der Waals surface area contributed by atoms with Gasteiger partial charge in [-0.1, -0.05) is 23.7 Å². The summed E-state index contributed by atoms with van der Waals surface area (Å²) in [4.78, 5) is 17.0. The van der Waals surface area contributed by atoms with Crippen LogP contribution in [0.4, 0.5) is 5.69 Å². The zero-order valence-electron chi connectivity index (χ0n) is 18.5. The lowest BCUT2D eigenvalue weighted by molar-refractivity contribution is 0.0694. The molecule has 0 spiro atoms. The third-order valence-electron chi connectivity index (χ3n) is 6.50. The quantitative estimate of drug-likeness (QED) is 0.445. The van der Waals surface area contributed by atoms with E-state index in [0.717, 1.165) is 47.9 Å². The van der Waals surface area contributed by atoms with E-state index < -0.39 is 10.0 Å². The van der Waals surface area contributed by atoms with Gasteiger partial charge in [-0.2, -0.15) is 4.31 Å². The summed E-state index contributed by atoms with van der Waals surface area (Å²) in [6, 6.07) is 12.1. The molecular formula is C24H25BrClN3O4S. The highest BCUT2D eigenvalue weighted by molar-refractivity contribution is 9.10. The van der Waals surface area contributed by atoms with Gasteiger partial charge in [0.05, 0.1) is 15.2 Å². The number of hydrogen-bond donors (Lipinski definition) is 0. The van der Waals surface area contributed by atoms with E-state index in [0.29, 0.717) is 37.5 Å². The Morgan fingerprint density at radius 1 is 0.941 bits per heavy atom. The third-order valence-corrected chi connectivity index (χ3v) is 9.73. The number of fused-ring (bicyclic) bond motifs is 1. The number of carbonyl (C=O) groups is 1. The molecule has 0 aliphatic carbocycles. The highest BCUT2D eigenvalue weighted by Gasteiger charge is 2.31. The molecule has 1 aromatic heterocycles. The number of piperazine rings is 1. The van der Waals surface area contributed by atoms with Crippen LogP contribution in [0.1, 0.15) is 29.8 Å². The van der Waals surface area contributed by atoms with Crippen molar-refractivity contribution in [1.82, 2.24) is 9.21 Å². The maximum absolute atomic E-state index is 13.1. The molecule has 2 aliphatic rings. The lowest BCUT2D eigenvalue weighted by Gasteiger charge is -2.36. The predicted molar refractivity (Wildman–Crippen MR) is 136 cm³/mol. The number of amides is 1. The van der Waals surface area contributed by atoms with Crippen molar-refractivity contribution >= 4 is 60.1 Å². The van der Waals surface area contributed by atoms with Crippen LogP contribution in [0.3, 0.4) is 0 Å². The largest absolute Gasteiger partial charge is 0.451 e. The second-order valence-electron chi connectivity index (χ2n) is 8.60. The van der Waals surface area contributed by atoms with Crippen LogP contribution < -0.4 is 4.90 Å². The van der Waals surface area contributed by atoms with Crippen LogP contribution in [0.5, 0.6) is 0 Å². The van der Waals surface area contributed by atoms with Crippen LogP contribution in [0, 0.1) is 0 Å². The molecule has 0 radical (unpaired) electrons. The Kier molecular flexibility index (Phi) is 6.63. The van der Waals surface area contributed by atoms with Gasteiger partial charge >= 0.3 is 0 Å². The number of rotatable bonds is 4. The maximum Gasteiger partial charge on any atom is 0.289 e. The molecule has 0 bridgehead atoms. The first kappa shape index (κ1) is 23.7. The Balaban J connectivity index is 1.34. The summed E-state index contributed by atoms with van der Waals surface area (Å²) in [5.74, 6) is 0.285. The van der Waals surface area contributed by atoms with Gasteiger partial charge in [0.1, 0.15) is 10.5 Å². The van der Waals surface area contributed by atoms with Crippen molar-refractivity contribution < 1.29 is 17.6 Å². The van der Waals surface area contributed by atoms with Crippen molar-refractivity contribution in [3.8, 4) is 0 Å². The van der Waals surface area contributed by atoms with Gasteiger partial charge in [-0.15, -0.1) is 0 Å². The van der Waals surface area contributed by atoms with E-state index in [1.54, 1.807) is 24.3 Å². The van der Waals surface area contributed by atoms with E-state index in [4.69, 9.17) is 16.0 Å². The van der Waals surface area contributed by atoms with E-state index in [-0.39, 0.29) is 15.8 Å². The molecule has 0 saturated carbocycles. The molecule has 2 aliphatic heterocycles. The molecule has 34 heavy (non-hydrogen) atoms. The summed E-state index contributed by atoms with van der Waals surface area (Å²) in [6.07, 6.45) is 3.21. The molecule has 0 unspecified atom stereocenters. The summed E-state index contributed by atoms with van der Waals surface area (Å²) >= 11 is 9.85. The molecule has 1 amide bonds. The van der Waals surface area contributed by atoms with Gasteiger partial charge in [-0.3, -0.25) is 4.79 Å². The fraction of sp³-hybridized carbons (Fsp3) is 0.375. The van der Waals surface area contributed by atoms with Gasteiger partial charge in [-0.25, -0.2) is 8.42 Å². The average molecular weight is 567 g/mol. The van der Waals surface area contributed by atoms with Gasteiger partial charge in [0.15, 0.2) is 5.76 Å². The van der Waals surface area contributed by atoms with Crippen molar-refractivity contribution in [3.63, 3.8) is 0 Å². The first-order valence-corrected chi connectivity index (χ1v) is 14.0. The minimum absolute atomic E-state index is 0.0669. The summed E-state index contributed by atoms with van der Waals surface area (Å²) < 4.78 is 34.3. The number of anilines is 1. The van der Waals surface area contributed by atoms with E-state index in [9.17, 15) is 13.2 Å². The van der Waals surface area contributed by atoms with Crippen LogP contribution in [-0.2, 0) is 10.0 Å². The van der Waals surface area contributed by atoms with E-state index in [1.807, 2.05) is 17.0 Å². The lowest BCUT2D eigenvalue weighted by Crippen LogP contribution is -2.48. The summed E-state index contributed by atoms with van der Waals surface area (Å²) in [6.45, 7) is 3.30. The summed E-state index contributed by atoms with van der Waals surface area (Å²) in [7, 11) is -3.65. The number of piperidine rings is 1. The number of sulfonamides is 1. The monoisotopic (exact) mass is 565 g/mol. The van der Waals surface area contributed by atoms with Gasteiger partial charge in [0, 0.05) is 44.7 Å². The molecule has 7 nitrogen and oxygen atoms in total. The number of furan rings is 1. The summed E-state index contributed by atoms with van der Waals surface area (Å²) in [5, 5.41) is 1.07. The van der Waals surface area contributed by atoms with Crippen LogP contribution in [-0.4, -0.2) is 62.8 Å². The van der Waals surface area contributed by atoms with Crippen LogP contribution in [0.15, 0.2) is 56.2 Å². The standard InChI is InChI=1S/C24H25BrClN3O4S/c25-23-17-16-21(24(30)28-10-4-1-5-11-28)33-20(17)9-8-19(23)27-12-14-29(15-13-27)34(31,32)22-7-3-2-6-18(22)26/h2-3,6-9,16H,1,4-5,10-15H2. The first-order valence-electron chi connectivity index (χ1n) is 11.4. The van der Waals surface area contributed by atoms with Crippen LogP contribution >= 0.6 is 27.5 Å². The van der Waals surface area contributed by atoms with Crippen LogP contribution in [0.2, 0.25) is 5.02 Å². The highest BCUT2D eigenvalue weighted by Crippen LogP contribution is 2.37. The minimum Gasteiger partial charge on any atom is -0.451 e. The van der Waals surface area contributed by atoms with Crippen molar-refractivity contribution in [1.29, 1.82) is 0 Å². The Labute approximate surface area is 212 Å². The second-order valence-corrected chi connectivity index (χ2v) is 11.7. The number of carbonyl (C=O) groups excluding carboxylic acids is 1. The molecule has 5 rings (SSSR count). The third kappa shape index (κ3) is 4.34. The van der Waals surface area contributed by atoms with Crippen LogP contribution in [0.25, 0.3) is 11.0 Å². The van der Waals surface area contributed by atoms with Crippen molar-refractivity contribution in [2.24, 2.45) is 0 Å². The molecule has 3 aromatic rings. The van der Waals surface area contributed by atoms with E-state index in [2.05, 4.69) is 20.8 Å². The SMILES string of the molecule is O=C(c1cc2c(Br)c(N3CCN(S(=O)(=O)c4ccccc4Cl)CC3)ccc2o1)N1CCCCC1. The number of benzene rings is 2. The molecule has 10 heteroatoms. The predicted octanol–water partition coefficient (Wildman–Crippen LogP) is 4.99. The van der Waals surface area contributed by atoms with Crippen molar-refractivity contribution in [2.75, 3.05) is 44.2 Å². The molecule has 180 valence electrons. The average Bonchev–Trinajstić information content (AvgIpc) is 3.30. The minimum atomic E-state index is -3.65. The Morgan fingerprint density at radius 2 is 1.65 bits per heavy atom. The normalized spacial score (nSPS) is 17.9. The molecule has 2 aromatic carbocycles. The van der Waals surface area contributed by atoms with Gasteiger partial charge in [-0.05, 0) is 65.5 Å². The highest BCUT2D eigenvalue weighted by atomic mass is 79.9. The fourth-order valence-electron chi connectivity index (χ4n) is 4.63. The second kappa shape index (κ2) is 9.53. The Bertz CT molecular complexity index is 1330. The fourth-order valence-corrected chi connectivity index (χ4v) is 7.24. The van der Waals surface area contributed by atoms with Gasteiger partial charge in [0.2, 0.25) is 10.0 Å². The molecule has 2 fully saturated rings. The number of likely N-dealkylation sites (tertiary alicyclic amines) is 1. The molecular weight excluding hydrogens is 542 g/mol. The topological polar surface area (TPSA) is 74.1 Å². The van der Waals surface area contributed by atoms with E-state index in [1.165, 1.54) is 10.4 Å². The zero-order chi connectivity index (χ0) is 23.9. The molecule has 3 heterocycles. The zero-order valence-corrected chi connectivity index (χ0v) is 21.7. The Hall–Kier alpha value is -2.07. The van der Waals surface area contributed by atoms with Crippen molar-refractivity contribution in [3.05, 3.63) is 57.7 Å². The molecule has 0 atom stereocenters. The van der Waals surface area contributed by atoms with Crippen molar-refractivity contribution in [2.45, 2.75) is 24.2 Å². The number of nitrogens with zero attached hydrogens (tertiary/aromatic N) is 3. The first-order chi connectivity index (χ1) is 16.4. The summed E-state index contributed by atoms with van der Waals surface area (Å²) in [5.41, 5.74) is 1.59. The Morgan fingerprint density at radius 3 is 2.35 bits per heavy atom. The smallest absolute Gasteiger partial charge is 0.289 e. The van der Waals surface area contributed by atoms with Gasteiger partial charge < -0.3 is 14.2 Å². The number of halogens is 2. The molecule has 2 saturated heterocycles.